The maximum atomic E-state index is 14.6. The van der Waals surface area contributed by atoms with E-state index in [1.54, 1.807) is 24.4 Å². The van der Waals surface area contributed by atoms with Crippen LogP contribution in [0.3, 0.4) is 0 Å². The molecule has 7 nitrogen and oxygen atoms in total. The number of anilines is 1. The molecule has 0 saturated carbocycles. The average molecular weight is 448 g/mol. The second-order valence-electron chi connectivity index (χ2n) is 8.15. The van der Waals surface area contributed by atoms with Gasteiger partial charge in [0, 0.05) is 33.6 Å². The van der Waals surface area contributed by atoms with Gasteiger partial charge in [0.05, 0.1) is 11.1 Å². The fraction of sp³-hybridized carbons (Fsp3) is 0.200. The Balaban J connectivity index is 0.00000171. The summed E-state index contributed by atoms with van der Waals surface area (Å²) in [5.74, 6) is -0.251. The van der Waals surface area contributed by atoms with Crippen LogP contribution in [0.25, 0.3) is 22.3 Å². The van der Waals surface area contributed by atoms with Crippen LogP contribution in [-0.2, 0) is 0 Å². The standard InChI is InChI=1S/C25H22FN5O2.2H2/c1-15-8-9-17-20(13-15)29-23(22-18(26)5-4-7-21(22)32)30-24(17)31-12-10-16(14-31)28-25(33)19-6-2-3-11-27-19;;/h2-9,11,13,16,32H,10,12,14H2,1H3,(H,28,33);2*1H/t16-;;/m1../s1. The molecule has 1 aliphatic rings. The number of fused-ring (bicyclic) bond motifs is 1. The zero-order chi connectivity index (χ0) is 22.9. The van der Waals surface area contributed by atoms with Crippen molar-refractivity contribution in [2.45, 2.75) is 19.4 Å². The van der Waals surface area contributed by atoms with Crippen molar-refractivity contribution in [3.05, 3.63) is 77.9 Å². The molecule has 1 saturated heterocycles. The van der Waals surface area contributed by atoms with Crippen molar-refractivity contribution in [2.75, 3.05) is 18.0 Å². The van der Waals surface area contributed by atoms with Crippen LogP contribution in [0.15, 0.2) is 60.8 Å². The molecule has 1 aliphatic heterocycles. The van der Waals surface area contributed by atoms with E-state index in [9.17, 15) is 14.3 Å². The van der Waals surface area contributed by atoms with Crippen molar-refractivity contribution in [3.63, 3.8) is 0 Å². The molecule has 1 fully saturated rings. The number of carbonyl (C=O) groups is 1. The van der Waals surface area contributed by atoms with Gasteiger partial charge in [-0.2, -0.15) is 0 Å². The SMILES string of the molecule is Cc1ccc2c(N3CC[C@@H](NC(=O)c4ccccn4)C3)nc(-c3c(O)cccc3F)nc2c1.[HH].[HH]. The summed E-state index contributed by atoms with van der Waals surface area (Å²) in [7, 11) is 0. The van der Waals surface area contributed by atoms with Gasteiger partial charge in [0.25, 0.3) is 5.91 Å². The largest absolute Gasteiger partial charge is 0.507 e. The summed E-state index contributed by atoms with van der Waals surface area (Å²) in [6.45, 7) is 3.16. The van der Waals surface area contributed by atoms with Crippen LogP contribution in [0, 0.1) is 12.7 Å². The Morgan fingerprint density at radius 2 is 2.06 bits per heavy atom. The summed E-state index contributed by atoms with van der Waals surface area (Å²) in [6.07, 6.45) is 2.32. The third-order valence-electron chi connectivity index (χ3n) is 5.77. The van der Waals surface area contributed by atoms with Crippen LogP contribution in [-0.4, -0.2) is 45.1 Å². The molecule has 4 aromatic rings. The van der Waals surface area contributed by atoms with Crippen molar-refractivity contribution < 1.29 is 17.1 Å². The second kappa shape index (κ2) is 8.46. The van der Waals surface area contributed by atoms with Gasteiger partial charge < -0.3 is 15.3 Å². The summed E-state index contributed by atoms with van der Waals surface area (Å²) in [5, 5.41) is 14.2. The van der Waals surface area contributed by atoms with Crippen LogP contribution in [0.5, 0.6) is 5.75 Å². The number of aryl methyl sites for hydroxylation is 1. The molecule has 1 atom stereocenters. The zero-order valence-corrected chi connectivity index (χ0v) is 18.0. The number of phenols is 1. The van der Waals surface area contributed by atoms with Gasteiger partial charge in [-0.25, -0.2) is 14.4 Å². The minimum Gasteiger partial charge on any atom is -0.507 e. The lowest BCUT2D eigenvalue weighted by Gasteiger charge is -2.21. The molecule has 0 spiro atoms. The molecule has 1 amide bonds. The Morgan fingerprint density at radius 1 is 1.18 bits per heavy atom. The molecule has 33 heavy (non-hydrogen) atoms. The molecule has 2 aromatic carbocycles. The molecular formula is C25H26FN5O2. The predicted octanol–water partition coefficient (Wildman–Crippen LogP) is 4.35. The summed E-state index contributed by atoms with van der Waals surface area (Å²) in [5.41, 5.74) is 2.02. The number of nitrogens with zero attached hydrogens (tertiary/aromatic N) is 4. The third-order valence-corrected chi connectivity index (χ3v) is 5.77. The summed E-state index contributed by atoms with van der Waals surface area (Å²) >= 11 is 0. The van der Waals surface area contributed by atoms with Crippen molar-refractivity contribution in [1.82, 2.24) is 20.3 Å². The number of hydrogen-bond donors (Lipinski definition) is 2. The highest BCUT2D eigenvalue weighted by Gasteiger charge is 2.28. The molecular weight excluding hydrogens is 421 g/mol. The van der Waals surface area contributed by atoms with E-state index in [-0.39, 0.29) is 31.9 Å². The monoisotopic (exact) mass is 447 g/mol. The van der Waals surface area contributed by atoms with E-state index >= 15 is 0 Å². The molecule has 0 radical (unpaired) electrons. The van der Waals surface area contributed by atoms with E-state index in [2.05, 4.69) is 25.2 Å². The number of pyridine rings is 1. The van der Waals surface area contributed by atoms with E-state index in [4.69, 9.17) is 0 Å². The minimum absolute atomic E-state index is 0. The Morgan fingerprint density at radius 3 is 2.85 bits per heavy atom. The van der Waals surface area contributed by atoms with Crippen molar-refractivity contribution >= 4 is 22.6 Å². The molecule has 2 N–H and O–H groups in total. The van der Waals surface area contributed by atoms with Gasteiger partial charge in [-0.1, -0.05) is 18.2 Å². The lowest BCUT2D eigenvalue weighted by atomic mass is 10.1. The van der Waals surface area contributed by atoms with Crippen LogP contribution in [0.2, 0.25) is 0 Å². The quantitative estimate of drug-likeness (QED) is 0.483. The fourth-order valence-corrected chi connectivity index (χ4v) is 4.14. The first-order valence-electron chi connectivity index (χ1n) is 10.7. The number of phenolic OH excluding ortho intramolecular Hbond substituents is 1. The fourth-order valence-electron chi connectivity index (χ4n) is 4.14. The van der Waals surface area contributed by atoms with Gasteiger partial charge in [-0.15, -0.1) is 0 Å². The smallest absolute Gasteiger partial charge is 0.270 e. The minimum atomic E-state index is -0.588. The predicted molar refractivity (Wildman–Crippen MR) is 128 cm³/mol. The Hall–Kier alpha value is -4.07. The highest BCUT2D eigenvalue weighted by Crippen LogP contribution is 2.34. The Bertz CT molecular complexity index is 1340. The van der Waals surface area contributed by atoms with Crippen molar-refractivity contribution in [3.8, 4) is 17.1 Å². The maximum Gasteiger partial charge on any atom is 0.270 e. The topological polar surface area (TPSA) is 91.2 Å². The lowest BCUT2D eigenvalue weighted by molar-refractivity contribution is 0.0935. The molecule has 8 heteroatoms. The normalized spacial score (nSPS) is 15.7. The Kier molecular flexibility index (Phi) is 5.34. The number of hydrogen-bond acceptors (Lipinski definition) is 6. The molecule has 0 aliphatic carbocycles. The number of rotatable bonds is 4. The first-order chi connectivity index (χ1) is 16.0. The van der Waals surface area contributed by atoms with Gasteiger partial charge in [0.1, 0.15) is 23.1 Å². The van der Waals surface area contributed by atoms with Crippen LogP contribution in [0.4, 0.5) is 10.2 Å². The second-order valence-corrected chi connectivity index (χ2v) is 8.15. The van der Waals surface area contributed by atoms with Gasteiger partial charge in [0.15, 0.2) is 5.82 Å². The molecule has 3 heterocycles. The number of aromatic hydroxyl groups is 1. The number of halogens is 1. The molecule has 0 unspecified atom stereocenters. The van der Waals surface area contributed by atoms with Crippen molar-refractivity contribution in [2.24, 2.45) is 0 Å². The van der Waals surface area contributed by atoms with E-state index < -0.39 is 5.82 Å². The molecule has 5 rings (SSSR count). The number of carbonyl (C=O) groups excluding carboxylic acids is 1. The highest BCUT2D eigenvalue weighted by molar-refractivity contribution is 5.93. The van der Waals surface area contributed by atoms with Crippen molar-refractivity contribution in [1.29, 1.82) is 0 Å². The summed E-state index contributed by atoms with van der Waals surface area (Å²) in [6, 6.07) is 15.1. The van der Waals surface area contributed by atoms with Crippen LogP contribution in [0.1, 0.15) is 25.3 Å². The van der Waals surface area contributed by atoms with E-state index in [1.807, 2.05) is 25.1 Å². The Labute approximate surface area is 192 Å². The average Bonchev–Trinajstić information content (AvgIpc) is 3.27. The lowest BCUT2D eigenvalue weighted by Crippen LogP contribution is -2.37. The van der Waals surface area contributed by atoms with E-state index in [1.165, 1.54) is 18.2 Å². The number of aromatic nitrogens is 3. The molecule has 2 aromatic heterocycles. The van der Waals surface area contributed by atoms with Crippen LogP contribution < -0.4 is 10.2 Å². The molecule has 0 bridgehead atoms. The van der Waals surface area contributed by atoms with Gasteiger partial charge in [-0.05, 0) is 55.3 Å². The van der Waals surface area contributed by atoms with Gasteiger partial charge in [-0.3, -0.25) is 9.78 Å². The number of amides is 1. The summed E-state index contributed by atoms with van der Waals surface area (Å²) < 4.78 is 14.6. The molecule has 170 valence electrons. The third kappa shape index (κ3) is 4.07. The van der Waals surface area contributed by atoms with E-state index in [0.717, 1.165) is 17.4 Å². The van der Waals surface area contributed by atoms with E-state index in [0.29, 0.717) is 30.1 Å². The first-order valence-corrected chi connectivity index (χ1v) is 10.7. The first kappa shape index (κ1) is 20.8. The number of nitrogens with one attached hydrogen (secondary N) is 1. The summed E-state index contributed by atoms with van der Waals surface area (Å²) in [4.78, 5) is 27.9. The zero-order valence-electron chi connectivity index (χ0n) is 18.0. The maximum absolute atomic E-state index is 14.6. The van der Waals surface area contributed by atoms with Gasteiger partial charge in [0.2, 0.25) is 0 Å². The van der Waals surface area contributed by atoms with Gasteiger partial charge >= 0.3 is 0 Å². The highest BCUT2D eigenvalue weighted by atomic mass is 19.1. The number of benzene rings is 2. The van der Waals surface area contributed by atoms with Crippen LogP contribution >= 0.6 is 0 Å².